The summed E-state index contributed by atoms with van der Waals surface area (Å²) in [7, 11) is 0. The lowest BCUT2D eigenvalue weighted by Gasteiger charge is -2.41. The van der Waals surface area contributed by atoms with Gasteiger partial charge in [-0.05, 0) is 58.9 Å². The molecule has 1 aliphatic rings. The molecular weight excluding hydrogens is 368 g/mol. The smallest absolute Gasteiger partial charge is 0.410 e. The van der Waals surface area contributed by atoms with E-state index in [1.165, 1.54) is 0 Å². The van der Waals surface area contributed by atoms with E-state index in [0.717, 1.165) is 18.4 Å². The molecular formula is C23H34N2O4. The van der Waals surface area contributed by atoms with Gasteiger partial charge in [0.25, 0.3) is 0 Å². The summed E-state index contributed by atoms with van der Waals surface area (Å²) in [5, 5.41) is 3.03. The third-order valence-corrected chi connectivity index (χ3v) is 5.09. The van der Waals surface area contributed by atoms with E-state index in [2.05, 4.69) is 5.32 Å². The first-order chi connectivity index (χ1) is 13.6. The van der Waals surface area contributed by atoms with Crippen LogP contribution in [0.2, 0.25) is 0 Å². The van der Waals surface area contributed by atoms with Gasteiger partial charge in [-0.2, -0.15) is 0 Å². The van der Waals surface area contributed by atoms with Gasteiger partial charge in [-0.1, -0.05) is 42.5 Å². The number of allylic oxidation sites excluding steroid dienone is 1. The fraction of sp³-hybridized carbons (Fsp3) is 0.565. The van der Waals surface area contributed by atoms with Crippen LogP contribution < -0.4 is 5.32 Å². The number of amides is 2. The Hall–Kier alpha value is -2.50. The number of piperidine rings is 1. The van der Waals surface area contributed by atoms with Crippen molar-refractivity contribution in [2.75, 3.05) is 13.1 Å². The Morgan fingerprint density at radius 3 is 2.31 bits per heavy atom. The first-order valence-corrected chi connectivity index (χ1v) is 10.2. The number of hydrogen-bond donors (Lipinski definition) is 1. The Bertz CT molecular complexity index is 703. The number of nitrogens with zero attached hydrogens (tertiary/aromatic N) is 1. The third-order valence-electron chi connectivity index (χ3n) is 5.09. The minimum Gasteiger partial charge on any atom is -0.445 e. The molecule has 0 spiro atoms. The Labute approximate surface area is 174 Å². The SMILES string of the molecule is CC=CC(C)(NC(=O)OCc1ccccc1)C1CCN(C(=O)OC(C)(C)C)CC1. The summed E-state index contributed by atoms with van der Waals surface area (Å²) in [5.41, 5.74) is -0.0962. The zero-order valence-electron chi connectivity index (χ0n) is 18.2. The van der Waals surface area contributed by atoms with Gasteiger partial charge in [-0.15, -0.1) is 0 Å². The number of hydrogen-bond acceptors (Lipinski definition) is 4. The van der Waals surface area contributed by atoms with Crippen LogP contribution in [0, 0.1) is 5.92 Å². The lowest BCUT2D eigenvalue weighted by atomic mass is 9.78. The van der Waals surface area contributed by atoms with Crippen LogP contribution in [0.1, 0.15) is 53.0 Å². The molecule has 0 bridgehead atoms. The molecule has 2 rings (SSSR count). The molecule has 1 aromatic rings. The lowest BCUT2D eigenvalue weighted by Crippen LogP contribution is -2.54. The Kier molecular flexibility index (Phi) is 7.71. The van der Waals surface area contributed by atoms with Crippen molar-refractivity contribution in [2.45, 2.75) is 65.2 Å². The minimum absolute atomic E-state index is 0.196. The molecule has 1 aliphatic heterocycles. The molecule has 0 radical (unpaired) electrons. The minimum atomic E-state index is -0.539. The van der Waals surface area contributed by atoms with Crippen molar-refractivity contribution in [1.82, 2.24) is 10.2 Å². The molecule has 1 unspecified atom stereocenters. The van der Waals surface area contributed by atoms with Crippen LogP contribution in [0.5, 0.6) is 0 Å². The number of likely N-dealkylation sites (tertiary alicyclic amines) is 1. The predicted octanol–water partition coefficient (Wildman–Crippen LogP) is 4.89. The number of ether oxygens (including phenoxy) is 2. The summed E-state index contributed by atoms with van der Waals surface area (Å²) in [5.74, 6) is 0.196. The molecule has 0 saturated carbocycles. The van der Waals surface area contributed by atoms with Crippen LogP contribution in [0.3, 0.4) is 0 Å². The van der Waals surface area contributed by atoms with Gasteiger partial charge in [-0.25, -0.2) is 9.59 Å². The van der Waals surface area contributed by atoms with Crippen molar-refractivity contribution in [3.63, 3.8) is 0 Å². The standard InChI is InChI=1S/C23H34N2O4/c1-6-14-23(5,24-20(26)28-17-18-10-8-7-9-11-18)19-12-15-25(16-13-19)21(27)29-22(2,3)4/h6-11,14,19H,12-13,15-17H2,1-5H3,(H,24,26). The second-order valence-corrected chi connectivity index (χ2v) is 8.71. The van der Waals surface area contributed by atoms with Crippen LogP contribution in [0.15, 0.2) is 42.5 Å². The van der Waals surface area contributed by atoms with Crippen molar-refractivity contribution in [1.29, 1.82) is 0 Å². The fourth-order valence-electron chi connectivity index (χ4n) is 3.59. The molecule has 160 valence electrons. The van der Waals surface area contributed by atoms with Crippen molar-refractivity contribution >= 4 is 12.2 Å². The summed E-state index contributed by atoms with van der Waals surface area (Å²) in [6.45, 7) is 11.0. The number of benzene rings is 1. The zero-order chi connectivity index (χ0) is 21.5. The molecule has 1 heterocycles. The second-order valence-electron chi connectivity index (χ2n) is 8.71. The van der Waals surface area contributed by atoms with E-state index in [4.69, 9.17) is 9.47 Å². The maximum Gasteiger partial charge on any atom is 0.410 e. The maximum atomic E-state index is 12.4. The van der Waals surface area contributed by atoms with E-state index in [0.29, 0.717) is 13.1 Å². The Balaban J connectivity index is 1.92. The van der Waals surface area contributed by atoms with Gasteiger partial charge in [0.05, 0.1) is 5.54 Å². The average molecular weight is 403 g/mol. The number of nitrogens with one attached hydrogen (secondary N) is 1. The van der Waals surface area contributed by atoms with Crippen molar-refractivity contribution in [3.05, 3.63) is 48.0 Å². The van der Waals surface area contributed by atoms with Gasteiger partial charge < -0.3 is 19.7 Å². The normalized spacial score (nSPS) is 17.6. The Morgan fingerprint density at radius 1 is 1.14 bits per heavy atom. The topological polar surface area (TPSA) is 67.9 Å². The highest BCUT2D eigenvalue weighted by Gasteiger charge is 2.37. The van der Waals surface area contributed by atoms with Crippen LogP contribution >= 0.6 is 0 Å². The van der Waals surface area contributed by atoms with E-state index in [-0.39, 0.29) is 18.6 Å². The maximum absolute atomic E-state index is 12.4. The van der Waals surface area contributed by atoms with Gasteiger partial charge in [0.1, 0.15) is 12.2 Å². The van der Waals surface area contributed by atoms with Gasteiger partial charge in [0.15, 0.2) is 0 Å². The highest BCUT2D eigenvalue weighted by molar-refractivity contribution is 5.69. The number of carbonyl (C=O) groups excluding carboxylic acids is 2. The van der Waals surface area contributed by atoms with E-state index in [1.54, 1.807) is 4.90 Å². The summed E-state index contributed by atoms with van der Waals surface area (Å²) in [6, 6.07) is 9.60. The number of carbonyl (C=O) groups is 2. The molecule has 2 amide bonds. The first kappa shape index (κ1) is 22.8. The lowest BCUT2D eigenvalue weighted by molar-refractivity contribution is 0.0151. The summed E-state index contributed by atoms with van der Waals surface area (Å²) < 4.78 is 10.9. The van der Waals surface area contributed by atoms with Crippen molar-refractivity contribution in [3.8, 4) is 0 Å². The van der Waals surface area contributed by atoms with Crippen LogP contribution in [0.25, 0.3) is 0 Å². The third kappa shape index (κ3) is 7.11. The van der Waals surface area contributed by atoms with E-state index >= 15 is 0 Å². The number of alkyl carbamates (subject to hydrolysis) is 1. The first-order valence-electron chi connectivity index (χ1n) is 10.2. The summed E-state index contributed by atoms with van der Waals surface area (Å²) in [6.07, 6.45) is 4.78. The molecule has 6 heteroatoms. The Morgan fingerprint density at radius 2 is 1.76 bits per heavy atom. The van der Waals surface area contributed by atoms with Crippen LogP contribution in [-0.4, -0.2) is 41.3 Å². The predicted molar refractivity (Wildman–Crippen MR) is 114 cm³/mol. The zero-order valence-corrected chi connectivity index (χ0v) is 18.2. The number of rotatable bonds is 5. The molecule has 1 atom stereocenters. The van der Waals surface area contributed by atoms with Gasteiger partial charge in [0.2, 0.25) is 0 Å². The molecule has 1 fully saturated rings. The highest BCUT2D eigenvalue weighted by Crippen LogP contribution is 2.30. The molecule has 6 nitrogen and oxygen atoms in total. The second kappa shape index (κ2) is 9.81. The summed E-state index contributed by atoms with van der Waals surface area (Å²) in [4.78, 5) is 26.5. The van der Waals surface area contributed by atoms with Gasteiger partial charge in [-0.3, -0.25) is 0 Å². The molecule has 1 aromatic carbocycles. The van der Waals surface area contributed by atoms with E-state index < -0.39 is 17.2 Å². The fourth-order valence-corrected chi connectivity index (χ4v) is 3.59. The molecule has 1 saturated heterocycles. The molecule has 1 N–H and O–H groups in total. The van der Waals surface area contributed by atoms with E-state index in [1.807, 2.05) is 77.1 Å². The average Bonchev–Trinajstić information content (AvgIpc) is 2.66. The summed E-state index contributed by atoms with van der Waals surface area (Å²) >= 11 is 0. The molecule has 0 aromatic heterocycles. The van der Waals surface area contributed by atoms with Gasteiger partial charge >= 0.3 is 12.2 Å². The molecule has 0 aliphatic carbocycles. The van der Waals surface area contributed by atoms with E-state index in [9.17, 15) is 9.59 Å². The quantitative estimate of drug-likeness (QED) is 0.712. The van der Waals surface area contributed by atoms with Gasteiger partial charge in [0, 0.05) is 13.1 Å². The van der Waals surface area contributed by atoms with Crippen LogP contribution in [0.4, 0.5) is 9.59 Å². The van der Waals surface area contributed by atoms with Crippen LogP contribution in [-0.2, 0) is 16.1 Å². The van der Waals surface area contributed by atoms with Crippen molar-refractivity contribution < 1.29 is 19.1 Å². The van der Waals surface area contributed by atoms with Crippen molar-refractivity contribution in [2.24, 2.45) is 5.92 Å². The highest BCUT2D eigenvalue weighted by atomic mass is 16.6. The molecule has 29 heavy (non-hydrogen) atoms. The largest absolute Gasteiger partial charge is 0.445 e. The monoisotopic (exact) mass is 402 g/mol.